The predicted molar refractivity (Wildman–Crippen MR) is 133 cm³/mol. The van der Waals surface area contributed by atoms with E-state index in [4.69, 9.17) is 9.47 Å². The molecule has 2 heterocycles. The maximum atomic E-state index is 15.2. The fourth-order valence-corrected chi connectivity index (χ4v) is 4.06. The monoisotopic (exact) mass is 493 g/mol. The topological polar surface area (TPSA) is 83.8 Å². The van der Waals surface area contributed by atoms with Gasteiger partial charge >= 0.3 is 6.09 Å². The van der Waals surface area contributed by atoms with Gasteiger partial charge < -0.3 is 20.1 Å². The molecule has 0 bridgehead atoms. The number of rotatable bonds is 9. The number of nitrogens with zero attached hydrogens (tertiary/aromatic N) is 2. The van der Waals surface area contributed by atoms with Crippen molar-refractivity contribution >= 4 is 17.7 Å². The van der Waals surface area contributed by atoms with Crippen molar-refractivity contribution in [2.24, 2.45) is 7.05 Å². The number of carbonyl (C=O) groups is 2. The first-order valence-corrected chi connectivity index (χ1v) is 11.7. The molecule has 1 aliphatic heterocycles. The number of aryl methyl sites for hydroxylation is 1. The Hall–Kier alpha value is -3.98. The minimum absolute atomic E-state index is 0.207. The molecular formula is C27H30FN4O4+. The zero-order chi connectivity index (χ0) is 25.7. The second-order valence-electron chi connectivity index (χ2n) is 8.73. The van der Waals surface area contributed by atoms with Gasteiger partial charge in [-0.2, -0.15) is 0 Å². The lowest BCUT2D eigenvalue weighted by Gasteiger charge is -2.16. The quantitative estimate of drug-likeness (QED) is 0.448. The van der Waals surface area contributed by atoms with Crippen molar-refractivity contribution in [2.45, 2.75) is 26.1 Å². The fraction of sp³-hybridized carbons (Fsp3) is 0.296. The van der Waals surface area contributed by atoms with Crippen LogP contribution in [0, 0.1) is 5.82 Å². The molecule has 2 aromatic carbocycles. The van der Waals surface area contributed by atoms with E-state index in [0.29, 0.717) is 29.1 Å². The van der Waals surface area contributed by atoms with Crippen LogP contribution in [0.25, 0.3) is 11.1 Å². The summed E-state index contributed by atoms with van der Waals surface area (Å²) in [4.78, 5) is 24.7. The summed E-state index contributed by atoms with van der Waals surface area (Å²) in [5.41, 5.74) is 3.57. The standard InChI is InChI=1S/C27H29FN4O4/c1-18(33)30-16-22-17-32(27(34)36-22)21-5-7-23(25(28)13-21)24-6-4-20(12-26(24)35-3)15-29-14-19-8-10-31(2)11-9-19/h4-13,22,29H,14-17H2,1-3H3/p+1/t22-/m0/s1. The van der Waals surface area contributed by atoms with Crippen molar-refractivity contribution in [2.75, 3.05) is 25.1 Å². The van der Waals surface area contributed by atoms with Crippen LogP contribution >= 0.6 is 0 Å². The van der Waals surface area contributed by atoms with E-state index in [1.165, 1.54) is 23.5 Å². The number of ether oxygens (including phenoxy) is 2. The van der Waals surface area contributed by atoms with Crippen LogP contribution < -0.4 is 24.8 Å². The van der Waals surface area contributed by atoms with Crippen molar-refractivity contribution in [3.05, 3.63) is 77.9 Å². The summed E-state index contributed by atoms with van der Waals surface area (Å²) in [6.07, 6.45) is 2.95. The summed E-state index contributed by atoms with van der Waals surface area (Å²) in [6, 6.07) is 14.4. The molecule has 0 spiro atoms. The first kappa shape index (κ1) is 25.1. The molecular weight excluding hydrogens is 463 g/mol. The smallest absolute Gasteiger partial charge is 0.414 e. The zero-order valence-corrected chi connectivity index (χ0v) is 20.6. The average molecular weight is 494 g/mol. The number of benzene rings is 2. The van der Waals surface area contributed by atoms with Crippen LogP contribution in [0.4, 0.5) is 14.9 Å². The number of nitrogens with one attached hydrogen (secondary N) is 2. The molecule has 1 aliphatic rings. The largest absolute Gasteiger partial charge is 0.496 e. The minimum Gasteiger partial charge on any atom is -0.496 e. The number of hydrogen-bond acceptors (Lipinski definition) is 5. The summed E-state index contributed by atoms with van der Waals surface area (Å²) in [5.74, 6) is -0.128. The van der Waals surface area contributed by atoms with Crippen LogP contribution in [0.1, 0.15) is 18.1 Å². The second kappa shape index (κ2) is 11.2. The predicted octanol–water partition coefficient (Wildman–Crippen LogP) is 3.08. The maximum Gasteiger partial charge on any atom is 0.414 e. The van der Waals surface area contributed by atoms with E-state index >= 15 is 4.39 Å². The normalized spacial score (nSPS) is 15.1. The van der Waals surface area contributed by atoms with Crippen molar-refractivity contribution in [1.82, 2.24) is 10.6 Å². The molecule has 1 fully saturated rings. The third-order valence-corrected chi connectivity index (χ3v) is 5.98. The number of anilines is 1. The van der Waals surface area contributed by atoms with Gasteiger partial charge in [0.2, 0.25) is 5.91 Å². The number of cyclic esters (lactones) is 1. The summed E-state index contributed by atoms with van der Waals surface area (Å²) >= 11 is 0. The lowest BCUT2D eigenvalue weighted by atomic mass is 10.0. The van der Waals surface area contributed by atoms with Gasteiger partial charge in [0.1, 0.15) is 24.7 Å². The van der Waals surface area contributed by atoms with Gasteiger partial charge in [-0.3, -0.25) is 9.69 Å². The molecule has 36 heavy (non-hydrogen) atoms. The molecule has 9 heteroatoms. The Kier molecular flexibility index (Phi) is 7.80. The highest BCUT2D eigenvalue weighted by Gasteiger charge is 2.32. The van der Waals surface area contributed by atoms with E-state index in [2.05, 4.69) is 22.8 Å². The Morgan fingerprint density at radius 2 is 1.83 bits per heavy atom. The number of pyridine rings is 1. The van der Waals surface area contributed by atoms with E-state index in [0.717, 1.165) is 12.1 Å². The van der Waals surface area contributed by atoms with Crippen molar-refractivity contribution < 1.29 is 28.0 Å². The van der Waals surface area contributed by atoms with E-state index in [1.807, 2.05) is 42.2 Å². The average Bonchev–Trinajstić information content (AvgIpc) is 3.24. The third-order valence-electron chi connectivity index (χ3n) is 5.98. The molecule has 1 aromatic heterocycles. The number of amides is 2. The Morgan fingerprint density at radius 3 is 2.53 bits per heavy atom. The first-order chi connectivity index (χ1) is 17.3. The summed E-state index contributed by atoms with van der Waals surface area (Å²) in [5, 5.41) is 6.04. The van der Waals surface area contributed by atoms with Crippen LogP contribution in [0.5, 0.6) is 5.75 Å². The van der Waals surface area contributed by atoms with Gasteiger partial charge in [0.15, 0.2) is 12.4 Å². The van der Waals surface area contributed by atoms with Gasteiger partial charge in [0.05, 0.1) is 25.9 Å². The van der Waals surface area contributed by atoms with Crippen LogP contribution in [0.15, 0.2) is 60.9 Å². The molecule has 2 N–H and O–H groups in total. The Balaban J connectivity index is 1.44. The molecule has 0 saturated carbocycles. The van der Waals surface area contributed by atoms with Crippen LogP contribution in [-0.4, -0.2) is 38.3 Å². The van der Waals surface area contributed by atoms with Crippen molar-refractivity contribution in [1.29, 1.82) is 0 Å². The number of hydrogen-bond donors (Lipinski definition) is 2. The van der Waals surface area contributed by atoms with Gasteiger partial charge in [-0.1, -0.05) is 12.1 Å². The van der Waals surface area contributed by atoms with Gasteiger partial charge in [0, 0.05) is 43.3 Å². The molecule has 8 nitrogen and oxygen atoms in total. The molecule has 3 aromatic rings. The Morgan fingerprint density at radius 1 is 1.11 bits per heavy atom. The summed E-state index contributed by atoms with van der Waals surface area (Å²) in [6.45, 7) is 3.19. The minimum atomic E-state index is -0.573. The fourth-order valence-electron chi connectivity index (χ4n) is 4.06. The van der Waals surface area contributed by atoms with Gasteiger partial charge in [-0.15, -0.1) is 0 Å². The third kappa shape index (κ3) is 5.98. The highest BCUT2D eigenvalue weighted by atomic mass is 19.1. The first-order valence-electron chi connectivity index (χ1n) is 11.7. The highest BCUT2D eigenvalue weighted by molar-refractivity contribution is 5.90. The van der Waals surface area contributed by atoms with Gasteiger partial charge in [-0.25, -0.2) is 13.8 Å². The van der Waals surface area contributed by atoms with Crippen molar-refractivity contribution in [3.8, 4) is 16.9 Å². The van der Waals surface area contributed by atoms with Crippen molar-refractivity contribution in [3.63, 3.8) is 0 Å². The molecule has 2 amide bonds. The van der Waals surface area contributed by atoms with E-state index in [-0.39, 0.29) is 19.0 Å². The number of carbonyl (C=O) groups excluding carboxylic acids is 2. The lowest BCUT2D eigenvalue weighted by Crippen LogP contribution is -2.33. The zero-order valence-electron chi connectivity index (χ0n) is 20.6. The molecule has 1 saturated heterocycles. The summed E-state index contributed by atoms with van der Waals surface area (Å²) < 4.78 is 28.0. The van der Waals surface area contributed by atoms with Gasteiger partial charge in [-0.05, 0) is 35.4 Å². The second-order valence-corrected chi connectivity index (χ2v) is 8.73. The molecule has 1 atom stereocenters. The maximum absolute atomic E-state index is 15.2. The van der Waals surface area contributed by atoms with Crippen LogP contribution in [-0.2, 0) is 29.7 Å². The van der Waals surface area contributed by atoms with Crippen LogP contribution in [0.2, 0.25) is 0 Å². The molecule has 0 radical (unpaired) electrons. The molecule has 0 unspecified atom stereocenters. The molecule has 188 valence electrons. The van der Waals surface area contributed by atoms with E-state index in [9.17, 15) is 9.59 Å². The molecule has 0 aliphatic carbocycles. The lowest BCUT2D eigenvalue weighted by molar-refractivity contribution is -0.671. The Bertz CT molecular complexity index is 1250. The van der Waals surface area contributed by atoms with Crippen LogP contribution in [0.3, 0.4) is 0 Å². The molecule has 4 rings (SSSR count). The van der Waals surface area contributed by atoms with Gasteiger partial charge in [0.25, 0.3) is 0 Å². The Labute approximate surface area is 209 Å². The highest BCUT2D eigenvalue weighted by Crippen LogP contribution is 2.35. The number of aromatic nitrogens is 1. The van der Waals surface area contributed by atoms with E-state index in [1.54, 1.807) is 19.2 Å². The number of methoxy groups -OCH3 is 1. The summed E-state index contributed by atoms with van der Waals surface area (Å²) in [7, 11) is 3.54. The number of halogens is 1. The SMILES string of the molecule is COc1cc(CNCc2cc[n+](C)cc2)ccc1-c1ccc(N2C[C@H](CNC(C)=O)OC2=O)cc1F. The van der Waals surface area contributed by atoms with E-state index < -0.39 is 18.0 Å².